The van der Waals surface area contributed by atoms with Gasteiger partial charge in [0.2, 0.25) is 0 Å². The lowest BCUT2D eigenvalue weighted by Crippen LogP contribution is -2.41. The number of benzene rings is 2. The zero-order valence-corrected chi connectivity index (χ0v) is 18.6. The number of piperidine rings is 1. The minimum atomic E-state index is 0.110. The number of hydrogen-bond acceptors (Lipinski definition) is 3. The highest BCUT2D eigenvalue weighted by molar-refractivity contribution is 5.98. The molecule has 0 bridgehead atoms. The van der Waals surface area contributed by atoms with E-state index in [0.29, 0.717) is 11.6 Å². The van der Waals surface area contributed by atoms with Gasteiger partial charge in [-0.25, -0.2) is 0 Å². The molecule has 2 heterocycles. The molecule has 5 nitrogen and oxygen atoms in total. The van der Waals surface area contributed by atoms with Gasteiger partial charge in [0.25, 0.3) is 5.91 Å². The van der Waals surface area contributed by atoms with Gasteiger partial charge < -0.3 is 19.5 Å². The second-order valence-electron chi connectivity index (χ2n) is 8.50. The van der Waals surface area contributed by atoms with E-state index in [0.717, 1.165) is 68.6 Å². The fourth-order valence-electron chi connectivity index (χ4n) is 4.53. The quantitative estimate of drug-likeness (QED) is 0.581. The lowest BCUT2D eigenvalue weighted by molar-refractivity contribution is 0.0697. The molecule has 1 N–H and O–H groups in total. The van der Waals surface area contributed by atoms with Crippen LogP contribution in [0.3, 0.4) is 0 Å². The Bertz CT molecular complexity index is 972. The van der Waals surface area contributed by atoms with Crippen LogP contribution < -0.4 is 4.74 Å². The van der Waals surface area contributed by atoms with E-state index in [9.17, 15) is 4.79 Å². The summed E-state index contributed by atoms with van der Waals surface area (Å²) in [6.07, 6.45) is 3.34. The number of likely N-dealkylation sites (tertiary alicyclic amines) is 1. The van der Waals surface area contributed by atoms with Crippen LogP contribution in [0.1, 0.15) is 35.8 Å². The minimum absolute atomic E-state index is 0.110. The lowest BCUT2D eigenvalue weighted by Gasteiger charge is -2.34. The summed E-state index contributed by atoms with van der Waals surface area (Å²) in [6, 6.07) is 18.4. The van der Waals surface area contributed by atoms with E-state index in [1.165, 1.54) is 5.56 Å². The Kier molecular flexibility index (Phi) is 6.92. The highest BCUT2D eigenvalue weighted by Gasteiger charge is 2.24. The van der Waals surface area contributed by atoms with Crippen LogP contribution in [-0.4, -0.2) is 60.5 Å². The molecule has 5 heteroatoms. The fraction of sp³-hybridized carbons (Fsp3) is 0.423. The highest BCUT2D eigenvalue weighted by atomic mass is 16.5. The van der Waals surface area contributed by atoms with Crippen LogP contribution >= 0.6 is 0 Å². The Labute approximate surface area is 185 Å². The molecular weight excluding hydrogens is 386 g/mol. The van der Waals surface area contributed by atoms with Gasteiger partial charge >= 0.3 is 0 Å². The number of aromatic nitrogens is 1. The summed E-state index contributed by atoms with van der Waals surface area (Å²) in [5, 5.41) is 1.09. The molecule has 0 aliphatic carbocycles. The summed E-state index contributed by atoms with van der Waals surface area (Å²) in [5.41, 5.74) is 3.03. The average molecular weight is 420 g/mol. The Morgan fingerprint density at radius 2 is 1.94 bits per heavy atom. The third-order valence-electron chi connectivity index (χ3n) is 6.47. The third kappa shape index (κ3) is 5.28. The number of rotatable bonds is 8. The first kappa shape index (κ1) is 21.4. The molecule has 1 aliphatic rings. The van der Waals surface area contributed by atoms with Gasteiger partial charge in [-0.05, 0) is 75.0 Å². The molecule has 1 saturated heterocycles. The predicted octanol–water partition coefficient (Wildman–Crippen LogP) is 4.59. The molecule has 164 valence electrons. The van der Waals surface area contributed by atoms with Crippen molar-refractivity contribution < 1.29 is 9.53 Å². The smallest absolute Gasteiger partial charge is 0.270 e. The van der Waals surface area contributed by atoms with Crippen LogP contribution in [0, 0.1) is 5.92 Å². The number of amides is 1. The number of fused-ring (bicyclic) bond motifs is 1. The normalized spacial score (nSPS) is 15.3. The molecule has 1 amide bonds. The average Bonchev–Trinajstić information content (AvgIpc) is 3.26. The number of hydrogen-bond donors (Lipinski definition) is 1. The number of nitrogens with zero attached hydrogens (tertiary/aromatic N) is 2. The fourth-order valence-corrected chi connectivity index (χ4v) is 4.53. The Morgan fingerprint density at radius 1 is 1.13 bits per heavy atom. The molecule has 3 aromatic rings. The molecule has 2 aromatic carbocycles. The van der Waals surface area contributed by atoms with Gasteiger partial charge in [0.1, 0.15) is 11.4 Å². The topological polar surface area (TPSA) is 48.6 Å². The Balaban J connectivity index is 1.27. The van der Waals surface area contributed by atoms with E-state index in [-0.39, 0.29) is 5.91 Å². The maximum Gasteiger partial charge on any atom is 0.270 e. The van der Waals surface area contributed by atoms with Crippen LogP contribution in [-0.2, 0) is 6.42 Å². The molecule has 1 fully saturated rings. The molecule has 0 unspecified atom stereocenters. The van der Waals surface area contributed by atoms with Gasteiger partial charge in [0.15, 0.2) is 0 Å². The standard InChI is InChI=1S/C26H33N3O2/c1-3-29(26(30)25-18-22-8-4-5-10-24(22)27-25)19-21-12-15-28(16-13-21)14-11-20-7-6-9-23(17-20)31-2/h4-10,17-18,21,27H,3,11-16,19H2,1-2H3. The number of carbonyl (C=O) groups is 1. The van der Waals surface area contributed by atoms with Gasteiger partial charge in [-0.1, -0.05) is 30.3 Å². The Hall–Kier alpha value is -2.79. The van der Waals surface area contributed by atoms with Crippen LogP contribution in [0.2, 0.25) is 0 Å². The van der Waals surface area contributed by atoms with E-state index in [1.807, 2.05) is 41.3 Å². The summed E-state index contributed by atoms with van der Waals surface area (Å²) in [6.45, 7) is 6.94. The minimum Gasteiger partial charge on any atom is -0.497 e. The van der Waals surface area contributed by atoms with Gasteiger partial charge in [0.05, 0.1) is 7.11 Å². The second kappa shape index (κ2) is 10.0. The maximum atomic E-state index is 13.1. The number of carbonyl (C=O) groups excluding carboxylic acids is 1. The molecule has 1 aliphatic heterocycles. The van der Waals surface area contributed by atoms with Crippen molar-refractivity contribution in [2.24, 2.45) is 5.92 Å². The van der Waals surface area contributed by atoms with E-state index in [1.54, 1.807) is 7.11 Å². The van der Waals surface area contributed by atoms with Crippen molar-refractivity contribution in [3.8, 4) is 5.75 Å². The molecule has 0 saturated carbocycles. The summed E-state index contributed by atoms with van der Waals surface area (Å²) >= 11 is 0. The summed E-state index contributed by atoms with van der Waals surface area (Å²) < 4.78 is 5.33. The summed E-state index contributed by atoms with van der Waals surface area (Å²) in [4.78, 5) is 20.9. The molecule has 31 heavy (non-hydrogen) atoms. The van der Waals surface area contributed by atoms with Crippen molar-refractivity contribution in [3.63, 3.8) is 0 Å². The van der Waals surface area contributed by atoms with Crippen molar-refractivity contribution in [3.05, 3.63) is 65.9 Å². The number of methoxy groups -OCH3 is 1. The molecule has 0 radical (unpaired) electrons. The Morgan fingerprint density at radius 3 is 2.68 bits per heavy atom. The first-order valence-corrected chi connectivity index (χ1v) is 11.4. The van der Waals surface area contributed by atoms with Crippen molar-refractivity contribution in [2.75, 3.05) is 39.8 Å². The molecule has 0 atom stereocenters. The molecule has 1 aromatic heterocycles. The van der Waals surface area contributed by atoms with Crippen LogP contribution in [0.4, 0.5) is 0 Å². The summed E-state index contributed by atoms with van der Waals surface area (Å²) in [7, 11) is 1.71. The van der Waals surface area contributed by atoms with Crippen molar-refractivity contribution >= 4 is 16.8 Å². The van der Waals surface area contributed by atoms with Crippen molar-refractivity contribution in [1.29, 1.82) is 0 Å². The van der Waals surface area contributed by atoms with E-state index < -0.39 is 0 Å². The van der Waals surface area contributed by atoms with Gasteiger partial charge in [-0.2, -0.15) is 0 Å². The van der Waals surface area contributed by atoms with Gasteiger partial charge in [-0.3, -0.25) is 4.79 Å². The summed E-state index contributed by atoms with van der Waals surface area (Å²) in [5.74, 6) is 1.61. The number of ether oxygens (including phenoxy) is 1. The largest absolute Gasteiger partial charge is 0.497 e. The van der Waals surface area contributed by atoms with Crippen molar-refractivity contribution in [1.82, 2.24) is 14.8 Å². The van der Waals surface area contributed by atoms with E-state index in [4.69, 9.17) is 4.74 Å². The van der Waals surface area contributed by atoms with Gasteiger partial charge in [0, 0.05) is 30.5 Å². The first-order chi connectivity index (χ1) is 15.2. The van der Waals surface area contributed by atoms with E-state index >= 15 is 0 Å². The maximum absolute atomic E-state index is 13.1. The highest BCUT2D eigenvalue weighted by Crippen LogP contribution is 2.22. The van der Waals surface area contributed by atoms with Crippen LogP contribution in [0.5, 0.6) is 5.75 Å². The molecule has 4 rings (SSSR count). The predicted molar refractivity (Wildman–Crippen MR) is 126 cm³/mol. The zero-order valence-electron chi connectivity index (χ0n) is 18.6. The molecule has 0 spiro atoms. The third-order valence-corrected chi connectivity index (χ3v) is 6.47. The number of nitrogens with one attached hydrogen (secondary N) is 1. The monoisotopic (exact) mass is 419 g/mol. The lowest BCUT2D eigenvalue weighted by atomic mass is 9.95. The second-order valence-corrected chi connectivity index (χ2v) is 8.50. The first-order valence-electron chi connectivity index (χ1n) is 11.4. The van der Waals surface area contributed by atoms with Crippen LogP contribution in [0.15, 0.2) is 54.6 Å². The molecular formula is C26H33N3O2. The van der Waals surface area contributed by atoms with E-state index in [2.05, 4.69) is 35.0 Å². The SMILES string of the molecule is CCN(CC1CCN(CCc2cccc(OC)c2)CC1)C(=O)c1cc2ccccc2[nH]1. The zero-order chi connectivity index (χ0) is 21.6. The van der Waals surface area contributed by atoms with Crippen molar-refractivity contribution in [2.45, 2.75) is 26.2 Å². The number of H-pyrrole nitrogens is 1. The van der Waals surface area contributed by atoms with Gasteiger partial charge in [-0.15, -0.1) is 0 Å². The van der Waals surface area contributed by atoms with Crippen LogP contribution in [0.25, 0.3) is 10.9 Å². The number of para-hydroxylation sites is 1. The number of aromatic amines is 1.